The van der Waals surface area contributed by atoms with E-state index >= 15 is 0 Å². The van der Waals surface area contributed by atoms with Gasteiger partial charge in [-0.25, -0.2) is 0 Å². The molecule has 0 amide bonds. The van der Waals surface area contributed by atoms with Gasteiger partial charge in [-0.05, 0) is 31.0 Å². The fourth-order valence-electron chi connectivity index (χ4n) is 2.95. The molecular weight excluding hydrogens is 307 g/mol. The lowest BCUT2D eigenvalue weighted by Crippen LogP contribution is -2.33. The number of anilines is 1. The van der Waals surface area contributed by atoms with Crippen LogP contribution in [0.4, 0.5) is 18.9 Å². The molecular formula is C15H14F3N5. The largest absolute Gasteiger partial charge is 0.417 e. The Kier molecular flexibility index (Phi) is 3.94. The number of benzene rings is 1. The fourth-order valence-corrected chi connectivity index (χ4v) is 2.95. The van der Waals surface area contributed by atoms with E-state index in [0.29, 0.717) is 18.8 Å². The molecule has 0 N–H and O–H groups in total. The zero-order chi connectivity index (χ0) is 16.4. The Morgan fingerprint density at radius 1 is 1.35 bits per heavy atom. The van der Waals surface area contributed by atoms with Crippen molar-refractivity contribution in [2.24, 2.45) is 0 Å². The highest BCUT2D eigenvalue weighted by Crippen LogP contribution is 2.36. The van der Waals surface area contributed by atoms with Crippen molar-refractivity contribution in [3.8, 4) is 6.07 Å². The molecule has 8 heteroatoms. The molecule has 3 rings (SSSR count). The lowest BCUT2D eigenvalue weighted by molar-refractivity contribution is -0.137. The van der Waals surface area contributed by atoms with Gasteiger partial charge < -0.3 is 4.90 Å². The predicted molar refractivity (Wildman–Crippen MR) is 76.5 cm³/mol. The molecule has 1 aliphatic rings. The first-order chi connectivity index (χ1) is 11.0. The van der Waals surface area contributed by atoms with Crippen LogP contribution in [-0.2, 0) is 12.7 Å². The van der Waals surface area contributed by atoms with Crippen molar-refractivity contribution in [3.05, 3.63) is 41.7 Å². The van der Waals surface area contributed by atoms with Crippen LogP contribution in [-0.4, -0.2) is 27.6 Å². The molecule has 1 aliphatic heterocycles. The summed E-state index contributed by atoms with van der Waals surface area (Å²) in [5, 5.41) is 16.5. The molecule has 0 spiro atoms. The van der Waals surface area contributed by atoms with Crippen molar-refractivity contribution < 1.29 is 13.2 Å². The van der Waals surface area contributed by atoms with Gasteiger partial charge in [-0.2, -0.15) is 18.4 Å². The quantitative estimate of drug-likeness (QED) is 0.872. The molecule has 1 aromatic carbocycles. The summed E-state index contributed by atoms with van der Waals surface area (Å²) in [7, 11) is 0. The monoisotopic (exact) mass is 321 g/mol. The Balaban J connectivity index is 1.90. The van der Waals surface area contributed by atoms with Crippen LogP contribution in [0, 0.1) is 11.3 Å². The number of alkyl halides is 3. The standard InChI is InChI=1S/C15H14F3N5/c16-15(17,18)14-8-12(4-3-11(14)9-19)23-6-1-2-13(23)10-22-7-5-20-21-22/h3-5,7-8,13H,1-2,6,10H2/t13-/m0/s1. The Morgan fingerprint density at radius 2 is 2.17 bits per heavy atom. The third-order valence-electron chi connectivity index (χ3n) is 4.01. The smallest absolute Gasteiger partial charge is 0.367 e. The second kappa shape index (κ2) is 5.91. The summed E-state index contributed by atoms with van der Waals surface area (Å²) in [5.41, 5.74) is -0.754. The van der Waals surface area contributed by atoms with Gasteiger partial charge in [-0.15, -0.1) is 5.10 Å². The van der Waals surface area contributed by atoms with Crippen LogP contribution in [0.3, 0.4) is 0 Å². The minimum atomic E-state index is -4.54. The van der Waals surface area contributed by atoms with Crippen LogP contribution < -0.4 is 4.90 Å². The summed E-state index contributed by atoms with van der Waals surface area (Å²) in [5.74, 6) is 0. The lowest BCUT2D eigenvalue weighted by Gasteiger charge is -2.27. The minimum absolute atomic E-state index is 0.0609. The SMILES string of the molecule is N#Cc1ccc(N2CCC[C@H]2Cn2ccnn2)cc1C(F)(F)F. The van der Waals surface area contributed by atoms with Gasteiger partial charge in [0.1, 0.15) is 0 Å². The van der Waals surface area contributed by atoms with E-state index in [2.05, 4.69) is 10.3 Å². The number of hydrogen-bond acceptors (Lipinski definition) is 4. The van der Waals surface area contributed by atoms with E-state index in [0.717, 1.165) is 18.9 Å². The lowest BCUT2D eigenvalue weighted by atomic mass is 10.1. The number of aromatic nitrogens is 3. The van der Waals surface area contributed by atoms with Crippen molar-refractivity contribution in [1.82, 2.24) is 15.0 Å². The van der Waals surface area contributed by atoms with Crippen molar-refractivity contribution >= 4 is 5.69 Å². The van der Waals surface area contributed by atoms with Crippen molar-refractivity contribution in [3.63, 3.8) is 0 Å². The van der Waals surface area contributed by atoms with Gasteiger partial charge in [-0.3, -0.25) is 4.68 Å². The zero-order valence-electron chi connectivity index (χ0n) is 12.2. The highest BCUT2D eigenvalue weighted by atomic mass is 19.4. The molecule has 1 saturated heterocycles. The molecule has 5 nitrogen and oxygen atoms in total. The van der Waals surface area contributed by atoms with Crippen LogP contribution in [0.25, 0.3) is 0 Å². The normalized spacial score (nSPS) is 18.2. The second-order valence-electron chi connectivity index (χ2n) is 5.45. The van der Waals surface area contributed by atoms with E-state index in [1.807, 2.05) is 4.90 Å². The van der Waals surface area contributed by atoms with E-state index in [-0.39, 0.29) is 11.6 Å². The minimum Gasteiger partial charge on any atom is -0.367 e. The summed E-state index contributed by atoms with van der Waals surface area (Å²) < 4.78 is 41.0. The zero-order valence-corrected chi connectivity index (χ0v) is 12.2. The Labute approximate surface area is 130 Å². The van der Waals surface area contributed by atoms with Gasteiger partial charge in [-0.1, -0.05) is 5.21 Å². The van der Waals surface area contributed by atoms with Gasteiger partial charge in [0.2, 0.25) is 0 Å². The maximum absolute atomic E-state index is 13.1. The van der Waals surface area contributed by atoms with E-state index < -0.39 is 11.7 Å². The number of halogens is 3. The fraction of sp³-hybridized carbons (Fsp3) is 0.400. The molecule has 2 heterocycles. The molecule has 2 aromatic rings. The average molecular weight is 321 g/mol. The van der Waals surface area contributed by atoms with Crippen LogP contribution in [0.2, 0.25) is 0 Å². The third-order valence-corrected chi connectivity index (χ3v) is 4.01. The third kappa shape index (κ3) is 3.13. The van der Waals surface area contributed by atoms with Gasteiger partial charge in [0.05, 0.1) is 29.9 Å². The van der Waals surface area contributed by atoms with E-state index in [1.165, 1.54) is 6.07 Å². The number of nitriles is 1. The van der Waals surface area contributed by atoms with Crippen LogP contribution >= 0.6 is 0 Å². The molecule has 0 unspecified atom stereocenters. The molecule has 120 valence electrons. The van der Waals surface area contributed by atoms with E-state index in [1.54, 1.807) is 29.2 Å². The first-order valence-corrected chi connectivity index (χ1v) is 7.21. The molecule has 0 bridgehead atoms. The highest BCUT2D eigenvalue weighted by Gasteiger charge is 2.35. The van der Waals surface area contributed by atoms with Gasteiger partial charge in [0.25, 0.3) is 0 Å². The first-order valence-electron chi connectivity index (χ1n) is 7.21. The van der Waals surface area contributed by atoms with Gasteiger partial charge in [0, 0.05) is 24.5 Å². The van der Waals surface area contributed by atoms with Crippen LogP contribution in [0.1, 0.15) is 24.0 Å². The maximum Gasteiger partial charge on any atom is 0.417 e. The van der Waals surface area contributed by atoms with E-state index in [9.17, 15) is 13.2 Å². The molecule has 23 heavy (non-hydrogen) atoms. The van der Waals surface area contributed by atoms with Gasteiger partial charge >= 0.3 is 6.18 Å². The molecule has 0 saturated carbocycles. The summed E-state index contributed by atoms with van der Waals surface area (Å²) in [4.78, 5) is 1.94. The van der Waals surface area contributed by atoms with E-state index in [4.69, 9.17) is 5.26 Å². The predicted octanol–water partition coefficient (Wildman–Crippen LogP) is 2.84. The highest BCUT2D eigenvalue weighted by molar-refractivity contribution is 5.56. The average Bonchev–Trinajstić information content (AvgIpc) is 3.18. The summed E-state index contributed by atoms with van der Waals surface area (Å²) in [6, 6.07) is 5.55. The Hall–Kier alpha value is -2.56. The number of rotatable bonds is 3. The molecule has 1 fully saturated rings. The maximum atomic E-state index is 13.1. The van der Waals surface area contributed by atoms with Crippen molar-refractivity contribution in [2.75, 3.05) is 11.4 Å². The topological polar surface area (TPSA) is 57.7 Å². The number of hydrogen-bond donors (Lipinski definition) is 0. The van der Waals surface area contributed by atoms with Crippen molar-refractivity contribution in [1.29, 1.82) is 5.26 Å². The Morgan fingerprint density at radius 3 is 2.83 bits per heavy atom. The molecule has 1 aromatic heterocycles. The molecule has 1 atom stereocenters. The second-order valence-corrected chi connectivity index (χ2v) is 5.45. The number of nitrogens with zero attached hydrogens (tertiary/aromatic N) is 5. The molecule has 0 aliphatic carbocycles. The molecule has 0 radical (unpaired) electrons. The first kappa shape index (κ1) is 15.3. The summed E-state index contributed by atoms with van der Waals surface area (Å²) >= 11 is 0. The van der Waals surface area contributed by atoms with Crippen molar-refractivity contribution in [2.45, 2.75) is 31.6 Å². The summed E-state index contributed by atoms with van der Waals surface area (Å²) in [6.45, 7) is 1.25. The van der Waals surface area contributed by atoms with Crippen LogP contribution in [0.15, 0.2) is 30.6 Å². The van der Waals surface area contributed by atoms with Crippen LogP contribution in [0.5, 0.6) is 0 Å². The summed E-state index contributed by atoms with van der Waals surface area (Å²) in [6.07, 6.45) is 0.545. The Bertz CT molecular complexity index is 718. The van der Waals surface area contributed by atoms with Gasteiger partial charge in [0.15, 0.2) is 0 Å².